The Morgan fingerprint density at radius 1 is 0.892 bits per heavy atom. The lowest BCUT2D eigenvalue weighted by Gasteiger charge is -2.32. The Morgan fingerprint density at radius 2 is 1.35 bits per heavy atom. The van der Waals surface area contributed by atoms with Gasteiger partial charge in [0.1, 0.15) is 11.6 Å². The number of aromatic nitrogens is 4. The van der Waals surface area contributed by atoms with Gasteiger partial charge in [-0.3, -0.25) is 9.78 Å². The number of aromatic amines is 1. The van der Waals surface area contributed by atoms with Crippen LogP contribution in [0.2, 0.25) is 0 Å². The average molecular weight is 516 g/mol. The Kier molecular flexibility index (Phi) is 7.85. The topological polar surface area (TPSA) is 110 Å². The highest BCUT2D eigenvalue weighted by Gasteiger charge is 2.53. The quantitative estimate of drug-likeness (QED) is 0.488. The van der Waals surface area contributed by atoms with E-state index >= 15 is 0 Å². The minimum absolute atomic E-state index is 0.283. The maximum absolute atomic E-state index is 12.2. The van der Waals surface area contributed by atoms with Gasteiger partial charge in [0.25, 0.3) is 0 Å². The zero-order chi connectivity index (χ0) is 28.0. The van der Waals surface area contributed by atoms with Crippen LogP contribution >= 0.6 is 0 Å². The first kappa shape index (κ1) is 29.4. The van der Waals surface area contributed by atoms with Crippen LogP contribution in [0, 0.1) is 0 Å². The summed E-state index contributed by atoms with van der Waals surface area (Å²) in [6, 6.07) is -0.509. The number of nitrogens with one attached hydrogen (secondary N) is 1. The highest BCUT2D eigenvalue weighted by Crippen LogP contribution is 2.37. The fourth-order valence-electron chi connectivity index (χ4n) is 3.53. The molecule has 1 N–H and O–H groups in total. The number of carbonyl (C=O) groups excluding carboxylic acids is 1. The summed E-state index contributed by atoms with van der Waals surface area (Å²) in [5.41, 5.74) is -0.174. The van der Waals surface area contributed by atoms with Gasteiger partial charge in [-0.15, -0.1) is 0 Å². The van der Waals surface area contributed by atoms with E-state index in [-0.39, 0.29) is 24.3 Å². The Bertz CT molecular complexity index is 1040. The van der Waals surface area contributed by atoms with E-state index in [1.54, 1.807) is 36.4 Å². The molecule has 37 heavy (non-hydrogen) atoms. The van der Waals surface area contributed by atoms with Crippen molar-refractivity contribution in [2.75, 3.05) is 0 Å². The molecule has 0 spiro atoms. The summed E-state index contributed by atoms with van der Waals surface area (Å²) in [5, 5.41) is 10.9. The molecule has 4 heterocycles. The lowest BCUT2D eigenvalue weighted by atomic mass is 9.82. The molecule has 2 aliphatic rings. The molecule has 0 saturated carbocycles. The first-order chi connectivity index (χ1) is 16.7. The van der Waals surface area contributed by atoms with E-state index in [0.29, 0.717) is 0 Å². The predicted molar refractivity (Wildman–Crippen MR) is 143 cm³/mol. The van der Waals surface area contributed by atoms with Crippen LogP contribution in [0.4, 0.5) is 0 Å². The number of hydrogen-bond donors (Lipinski definition) is 1. The van der Waals surface area contributed by atoms with Crippen LogP contribution in [0.25, 0.3) is 0 Å². The van der Waals surface area contributed by atoms with Gasteiger partial charge in [-0.1, -0.05) is 0 Å². The van der Waals surface area contributed by atoms with Crippen molar-refractivity contribution in [3.05, 3.63) is 24.8 Å². The smallest absolute Gasteiger partial charge is 0.458 e. The molecule has 2 aromatic heterocycles. The van der Waals surface area contributed by atoms with Gasteiger partial charge < -0.3 is 23.4 Å². The Hall–Kier alpha value is -2.14. The summed E-state index contributed by atoms with van der Waals surface area (Å²) in [6.45, 7) is 23.4. The van der Waals surface area contributed by atoms with Crippen LogP contribution in [-0.2, 0) is 28.1 Å². The van der Waals surface area contributed by atoms with Gasteiger partial charge in [0.2, 0.25) is 0 Å². The zero-order valence-corrected chi connectivity index (χ0v) is 24.3. The normalized spacial score (nSPS) is 22.4. The minimum Gasteiger partial charge on any atom is -0.458 e. The van der Waals surface area contributed by atoms with E-state index < -0.39 is 30.0 Å². The van der Waals surface area contributed by atoms with Crippen LogP contribution < -0.4 is 10.9 Å². The second-order valence-corrected chi connectivity index (χ2v) is 12.7. The number of ether oxygens (including phenoxy) is 1. The molecule has 0 aromatic carbocycles. The standard InChI is InChI=1S/C16H27BN2O4.C9H15BN2O2/c1-11(13(20)21-14(2,3)4)19-10-12(9-18-19)17-22-15(5,6)16(7,8)23-17;1-8(2)9(3,4)14-10(13-8)7-5-11-12-6-7/h9-11H,1-8H3;5-6H,1-4H3,(H,11,12). The summed E-state index contributed by atoms with van der Waals surface area (Å²) in [6.07, 6.45) is 6.96. The molecule has 0 radical (unpaired) electrons. The zero-order valence-electron chi connectivity index (χ0n) is 24.3. The molecule has 2 aliphatic heterocycles. The van der Waals surface area contributed by atoms with Crippen LogP contribution in [-0.4, -0.2) is 68.2 Å². The molecule has 1 atom stereocenters. The van der Waals surface area contributed by atoms with Crippen molar-refractivity contribution in [2.24, 2.45) is 0 Å². The second kappa shape index (κ2) is 9.87. The molecule has 0 aliphatic carbocycles. The third-order valence-electron chi connectivity index (χ3n) is 7.34. The van der Waals surface area contributed by atoms with Gasteiger partial charge >= 0.3 is 20.2 Å². The molecule has 2 fully saturated rings. The van der Waals surface area contributed by atoms with E-state index in [2.05, 4.69) is 15.3 Å². The number of nitrogens with zero attached hydrogens (tertiary/aromatic N) is 3. The molecule has 1 unspecified atom stereocenters. The van der Waals surface area contributed by atoms with Crippen LogP contribution in [0.3, 0.4) is 0 Å². The molecular formula is C25H42B2N4O6. The van der Waals surface area contributed by atoms with Gasteiger partial charge in [0.15, 0.2) is 0 Å². The number of hydrogen-bond acceptors (Lipinski definition) is 8. The Morgan fingerprint density at radius 3 is 1.76 bits per heavy atom. The van der Waals surface area contributed by atoms with E-state index in [1.807, 2.05) is 76.2 Å². The Balaban J connectivity index is 0.000000231. The van der Waals surface area contributed by atoms with Gasteiger partial charge in [0.05, 0.1) is 22.4 Å². The number of rotatable bonds is 4. The van der Waals surface area contributed by atoms with Crippen molar-refractivity contribution in [2.45, 2.75) is 117 Å². The van der Waals surface area contributed by atoms with Crippen molar-refractivity contribution >= 4 is 31.1 Å². The van der Waals surface area contributed by atoms with Crippen molar-refractivity contribution in [3.63, 3.8) is 0 Å². The molecule has 0 amide bonds. The highest BCUT2D eigenvalue weighted by atomic mass is 16.7. The second-order valence-electron chi connectivity index (χ2n) is 12.7. The first-order valence-electron chi connectivity index (χ1n) is 12.7. The van der Waals surface area contributed by atoms with E-state index in [0.717, 1.165) is 10.9 Å². The summed E-state index contributed by atoms with van der Waals surface area (Å²) in [7, 11) is -0.793. The van der Waals surface area contributed by atoms with E-state index in [9.17, 15) is 4.79 Å². The number of H-pyrrole nitrogens is 1. The maximum atomic E-state index is 12.2. The summed E-state index contributed by atoms with van der Waals surface area (Å²) >= 11 is 0. The fourth-order valence-corrected chi connectivity index (χ4v) is 3.53. The molecule has 10 nitrogen and oxygen atoms in total. The molecule has 0 bridgehead atoms. The molecule has 12 heteroatoms. The average Bonchev–Trinajstić information content (AvgIpc) is 3.48. The monoisotopic (exact) mass is 516 g/mol. The summed E-state index contributed by atoms with van der Waals surface area (Å²) < 4.78 is 30.6. The van der Waals surface area contributed by atoms with Gasteiger partial charge in [-0.25, -0.2) is 4.79 Å². The molecule has 2 saturated heterocycles. The number of esters is 1. The van der Waals surface area contributed by atoms with Crippen molar-refractivity contribution in [3.8, 4) is 0 Å². The largest absolute Gasteiger partial charge is 0.498 e. The molecule has 4 rings (SSSR count). The third kappa shape index (κ3) is 6.47. The van der Waals surface area contributed by atoms with Crippen molar-refractivity contribution in [1.29, 1.82) is 0 Å². The number of carbonyl (C=O) groups is 1. The summed E-state index contributed by atoms with van der Waals surface area (Å²) in [4.78, 5) is 12.2. The maximum Gasteiger partial charge on any atom is 0.498 e. The third-order valence-corrected chi connectivity index (χ3v) is 7.34. The molecular weight excluding hydrogens is 474 g/mol. The Labute approximate surface area is 221 Å². The van der Waals surface area contributed by atoms with Crippen LogP contribution in [0.5, 0.6) is 0 Å². The molecule has 2 aromatic rings. The van der Waals surface area contributed by atoms with Crippen molar-refractivity contribution in [1.82, 2.24) is 20.0 Å². The minimum atomic E-state index is -0.521. The summed E-state index contributed by atoms with van der Waals surface area (Å²) in [5.74, 6) is -0.318. The SMILES string of the molecule is CC(C(=O)OC(C)(C)C)n1cc(B2OC(C)(C)C(C)(C)O2)cn1.CC1(C)OB(c2cn[nH]c2)OC1(C)C. The lowest BCUT2D eigenvalue weighted by molar-refractivity contribution is -0.158. The van der Waals surface area contributed by atoms with Gasteiger partial charge in [-0.2, -0.15) is 10.2 Å². The first-order valence-corrected chi connectivity index (χ1v) is 12.7. The predicted octanol–water partition coefficient (Wildman–Crippen LogP) is 2.79. The van der Waals surface area contributed by atoms with E-state index in [4.69, 9.17) is 23.4 Å². The van der Waals surface area contributed by atoms with Gasteiger partial charge in [-0.05, 0) is 83.1 Å². The molecule has 204 valence electrons. The van der Waals surface area contributed by atoms with Crippen LogP contribution in [0.1, 0.15) is 89.1 Å². The van der Waals surface area contributed by atoms with Crippen LogP contribution in [0.15, 0.2) is 24.8 Å². The lowest BCUT2D eigenvalue weighted by Crippen LogP contribution is -2.41. The fraction of sp³-hybridized carbons (Fsp3) is 0.720. The van der Waals surface area contributed by atoms with Crippen molar-refractivity contribution < 1.29 is 28.1 Å². The van der Waals surface area contributed by atoms with E-state index in [1.165, 1.54) is 0 Å². The highest BCUT2D eigenvalue weighted by molar-refractivity contribution is 6.62. The van der Waals surface area contributed by atoms with Gasteiger partial charge in [0, 0.05) is 35.7 Å².